The van der Waals surface area contributed by atoms with Crippen LogP contribution < -0.4 is 15.4 Å². The number of β-amino-alcohol motifs (C(OH)–C–C–N with tert-alkyl or cyclic N) is 1. The number of nitrogen functional groups attached to an aromatic ring is 1. The molecule has 0 radical (unpaired) electrons. The fourth-order valence-corrected chi connectivity index (χ4v) is 8.54. The second-order valence-electron chi connectivity index (χ2n) is 13.1. The van der Waals surface area contributed by atoms with Crippen LogP contribution in [0.5, 0.6) is 6.01 Å². The van der Waals surface area contributed by atoms with Crippen LogP contribution >= 0.6 is 11.3 Å². The number of aryl methyl sites for hydroxylation is 1. The van der Waals surface area contributed by atoms with Gasteiger partial charge in [0.2, 0.25) is 23.5 Å². The van der Waals surface area contributed by atoms with Crippen LogP contribution in [-0.4, -0.2) is 98.2 Å². The first kappa shape index (κ1) is 30.2. The standard InChI is InChI=1S/C29H35F2N9O4S/c1-26(41)13-39(9-10-42-15-26)24-35-21(36-25(37-24)43-16-28-7-4-8-40(28)14-29(30,31)12-28)22-34-23(44-38-22)27(2)6-3-5-18-19(27)17(11-32)20(33)45-18/h41H,3-10,12-16,33H2,1-2H3/t26-,27+,28+/m1/s1. The Bertz CT molecular complexity index is 1660. The van der Waals surface area contributed by atoms with Gasteiger partial charge in [-0.25, -0.2) is 8.78 Å². The van der Waals surface area contributed by atoms with E-state index in [1.807, 2.05) is 6.92 Å². The van der Waals surface area contributed by atoms with Crippen molar-refractivity contribution in [3.8, 4) is 23.7 Å². The third-order valence-electron chi connectivity index (χ3n) is 9.41. The zero-order valence-electron chi connectivity index (χ0n) is 25.2. The highest BCUT2D eigenvalue weighted by Crippen LogP contribution is 2.49. The molecular formula is C29H35F2N9O4S. The van der Waals surface area contributed by atoms with E-state index >= 15 is 0 Å². The molecule has 7 rings (SSSR count). The average molecular weight is 644 g/mol. The number of anilines is 2. The van der Waals surface area contributed by atoms with E-state index in [2.05, 4.69) is 26.2 Å². The summed E-state index contributed by atoms with van der Waals surface area (Å²) < 4.78 is 46.4. The number of rotatable bonds is 6. The molecule has 0 amide bonds. The van der Waals surface area contributed by atoms with Gasteiger partial charge in [-0.2, -0.15) is 25.2 Å². The van der Waals surface area contributed by atoms with Gasteiger partial charge in [-0.05, 0) is 52.5 Å². The van der Waals surface area contributed by atoms with Crippen molar-refractivity contribution in [1.29, 1.82) is 5.26 Å². The Hall–Kier alpha value is -3.52. The lowest BCUT2D eigenvalue weighted by Gasteiger charge is -2.31. The number of nitriles is 1. The summed E-state index contributed by atoms with van der Waals surface area (Å²) in [6.07, 6.45) is 3.46. The first-order valence-corrected chi connectivity index (χ1v) is 16.0. The Kier molecular flexibility index (Phi) is 7.23. The predicted octanol–water partition coefficient (Wildman–Crippen LogP) is 2.92. The molecule has 4 aliphatic rings. The molecular weight excluding hydrogens is 608 g/mol. The maximum Gasteiger partial charge on any atom is 0.321 e. The molecule has 0 bridgehead atoms. The molecule has 6 heterocycles. The van der Waals surface area contributed by atoms with Gasteiger partial charge in [0.15, 0.2) is 0 Å². The highest BCUT2D eigenvalue weighted by Gasteiger charge is 2.57. The first-order valence-electron chi connectivity index (χ1n) is 15.1. The monoisotopic (exact) mass is 643 g/mol. The number of aliphatic hydroxyl groups is 1. The van der Waals surface area contributed by atoms with Crippen molar-refractivity contribution in [2.24, 2.45) is 0 Å². The molecule has 13 nitrogen and oxygen atoms in total. The maximum atomic E-state index is 14.4. The van der Waals surface area contributed by atoms with Crippen molar-refractivity contribution in [3.05, 3.63) is 21.9 Å². The first-order chi connectivity index (χ1) is 21.4. The number of ether oxygens (including phenoxy) is 2. The summed E-state index contributed by atoms with van der Waals surface area (Å²) in [6.45, 7) is 4.95. The third kappa shape index (κ3) is 5.39. The molecule has 0 unspecified atom stereocenters. The van der Waals surface area contributed by atoms with Gasteiger partial charge >= 0.3 is 6.01 Å². The number of halogens is 2. The molecule has 3 aromatic heterocycles. The lowest BCUT2D eigenvalue weighted by molar-refractivity contribution is -0.0123. The van der Waals surface area contributed by atoms with E-state index in [1.165, 1.54) is 11.3 Å². The molecule has 3 saturated heterocycles. The number of fused-ring (bicyclic) bond motifs is 2. The minimum absolute atomic E-state index is 0.0127. The minimum atomic E-state index is -2.79. The van der Waals surface area contributed by atoms with E-state index in [0.717, 1.165) is 29.7 Å². The van der Waals surface area contributed by atoms with Gasteiger partial charge in [0.25, 0.3) is 5.92 Å². The Morgan fingerprint density at radius 3 is 2.78 bits per heavy atom. The Labute approximate surface area is 262 Å². The maximum absolute atomic E-state index is 14.4. The molecule has 0 aromatic carbocycles. The summed E-state index contributed by atoms with van der Waals surface area (Å²) in [6, 6.07) is 2.18. The molecule has 3 aliphatic heterocycles. The largest absolute Gasteiger partial charge is 0.461 e. The van der Waals surface area contributed by atoms with Crippen molar-refractivity contribution >= 4 is 22.3 Å². The molecule has 3 N–H and O–H groups in total. The van der Waals surface area contributed by atoms with E-state index in [1.54, 1.807) is 16.7 Å². The lowest BCUT2D eigenvalue weighted by atomic mass is 9.72. The van der Waals surface area contributed by atoms with Crippen LogP contribution in [0.1, 0.15) is 67.8 Å². The van der Waals surface area contributed by atoms with Crippen molar-refractivity contribution < 1.29 is 27.9 Å². The zero-order valence-corrected chi connectivity index (χ0v) is 26.0. The van der Waals surface area contributed by atoms with Gasteiger partial charge in [0, 0.05) is 23.4 Å². The van der Waals surface area contributed by atoms with Crippen LogP contribution in [0.2, 0.25) is 0 Å². The number of alkyl halides is 2. The molecule has 16 heteroatoms. The lowest BCUT2D eigenvalue weighted by Crippen LogP contribution is -2.44. The number of hydrogen-bond acceptors (Lipinski definition) is 14. The predicted molar refractivity (Wildman–Crippen MR) is 158 cm³/mol. The third-order valence-corrected chi connectivity index (χ3v) is 10.5. The highest BCUT2D eigenvalue weighted by molar-refractivity contribution is 7.16. The summed E-state index contributed by atoms with van der Waals surface area (Å²) in [5.41, 5.74) is 4.73. The van der Waals surface area contributed by atoms with Gasteiger partial charge in [-0.3, -0.25) is 4.90 Å². The molecule has 240 valence electrons. The van der Waals surface area contributed by atoms with Gasteiger partial charge in [-0.1, -0.05) is 5.16 Å². The summed E-state index contributed by atoms with van der Waals surface area (Å²) in [5.74, 6) is -2.13. The number of hydrogen-bond donors (Lipinski definition) is 2. The second kappa shape index (κ2) is 10.8. The van der Waals surface area contributed by atoms with Crippen molar-refractivity contribution in [3.63, 3.8) is 0 Å². The average Bonchev–Trinajstić information content (AvgIpc) is 3.72. The fraction of sp³-hybridized carbons (Fsp3) is 0.655. The normalized spacial score (nSPS) is 29.6. The minimum Gasteiger partial charge on any atom is -0.461 e. The van der Waals surface area contributed by atoms with E-state index in [9.17, 15) is 19.1 Å². The van der Waals surface area contributed by atoms with E-state index in [4.69, 9.17) is 24.7 Å². The van der Waals surface area contributed by atoms with Crippen molar-refractivity contribution in [1.82, 2.24) is 30.0 Å². The molecule has 3 atom stereocenters. The topological polar surface area (TPSA) is 173 Å². The number of thiophene rings is 1. The zero-order chi connectivity index (χ0) is 31.6. The van der Waals surface area contributed by atoms with Crippen LogP contribution in [0.25, 0.3) is 11.6 Å². The SMILES string of the molecule is C[C@]1(O)COCCN(c2nc(OC[C@@]34CCCN3CC(F)(F)C4)nc(-c3noc([C@@]4(C)CCCc5sc(N)c(C#N)c54)n3)n2)C1. The van der Waals surface area contributed by atoms with Gasteiger partial charge in [0.1, 0.15) is 23.3 Å². The summed E-state index contributed by atoms with van der Waals surface area (Å²) in [7, 11) is 0. The summed E-state index contributed by atoms with van der Waals surface area (Å²) in [4.78, 5) is 23.0. The van der Waals surface area contributed by atoms with Crippen molar-refractivity contribution in [2.45, 2.75) is 74.8 Å². The molecule has 45 heavy (non-hydrogen) atoms. The smallest absolute Gasteiger partial charge is 0.321 e. The van der Waals surface area contributed by atoms with E-state index in [0.29, 0.717) is 49.0 Å². The van der Waals surface area contributed by atoms with Crippen LogP contribution in [0.3, 0.4) is 0 Å². The second-order valence-corrected chi connectivity index (χ2v) is 14.3. The Balaban J connectivity index is 1.25. The van der Waals surface area contributed by atoms with Crippen LogP contribution in [-0.2, 0) is 16.6 Å². The number of nitrogens with two attached hydrogens (primary N) is 1. The molecule has 1 aliphatic carbocycles. The van der Waals surface area contributed by atoms with Gasteiger partial charge in [0.05, 0.1) is 42.8 Å². The van der Waals surface area contributed by atoms with Gasteiger partial charge < -0.3 is 29.7 Å². The molecule has 3 aromatic rings. The van der Waals surface area contributed by atoms with Crippen LogP contribution in [0, 0.1) is 11.3 Å². The fourth-order valence-electron chi connectivity index (χ4n) is 7.34. The number of nitrogens with zero attached hydrogens (tertiary/aromatic N) is 8. The molecule has 3 fully saturated rings. The number of aromatic nitrogens is 5. The summed E-state index contributed by atoms with van der Waals surface area (Å²) >= 11 is 1.41. The Morgan fingerprint density at radius 1 is 1.11 bits per heavy atom. The van der Waals surface area contributed by atoms with Crippen molar-refractivity contribution in [2.75, 3.05) is 56.6 Å². The quantitative estimate of drug-likeness (QED) is 0.402. The van der Waals surface area contributed by atoms with Crippen LogP contribution in [0.15, 0.2) is 4.52 Å². The molecule has 0 saturated carbocycles. The van der Waals surface area contributed by atoms with Gasteiger partial charge in [-0.15, -0.1) is 11.3 Å². The molecule has 0 spiro atoms. The Morgan fingerprint density at radius 2 is 1.96 bits per heavy atom. The highest BCUT2D eigenvalue weighted by atomic mass is 32.1. The van der Waals surface area contributed by atoms with E-state index < -0.39 is 22.5 Å². The summed E-state index contributed by atoms with van der Waals surface area (Å²) in [5, 5.41) is 25.4. The van der Waals surface area contributed by atoms with E-state index in [-0.39, 0.29) is 56.3 Å². The van der Waals surface area contributed by atoms with Crippen LogP contribution in [0.4, 0.5) is 19.7 Å².